The molecule has 2 unspecified atom stereocenters. The average Bonchev–Trinajstić information content (AvgIpc) is 2.54. The Bertz CT molecular complexity index is 586. The summed E-state index contributed by atoms with van der Waals surface area (Å²) in [6, 6.07) is 7.69. The van der Waals surface area contributed by atoms with Crippen LogP contribution in [-0.4, -0.2) is 42.1 Å². The van der Waals surface area contributed by atoms with Gasteiger partial charge in [0, 0.05) is 19.5 Å². The fraction of sp³-hybridized carbons (Fsp3) is 0.556. The minimum absolute atomic E-state index is 0.00980. The van der Waals surface area contributed by atoms with Crippen LogP contribution in [0.1, 0.15) is 44.6 Å². The summed E-state index contributed by atoms with van der Waals surface area (Å²) in [5.41, 5.74) is 0.169. The molecule has 5 heteroatoms. The summed E-state index contributed by atoms with van der Waals surface area (Å²) in [6.07, 6.45) is 1.71. The number of carboxylic acid groups (broad SMARTS) is 1. The molecule has 0 saturated carbocycles. The van der Waals surface area contributed by atoms with Crippen molar-refractivity contribution in [2.24, 2.45) is 5.41 Å². The summed E-state index contributed by atoms with van der Waals surface area (Å²) >= 11 is 0. The minimum atomic E-state index is -0.832. The third-order valence-corrected chi connectivity index (χ3v) is 4.72. The monoisotopic (exact) mass is 319 g/mol. The van der Waals surface area contributed by atoms with Gasteiger partial charge >= 0.3 is 5.97 Å². The lowest BCUT2D eigenvalue weighted by Gasteiger charge is -2.38. The topological polar surface area (TPSA) is 66.8 Å². The maximum absolute atomic E-state index is 12.6. The fourth-order valence-electron chi connectivity index (χ4n) is 3.20. The number of rotatable bonds is 5. The molecule has 23 heavy (non-hydrogen) atoms. The van der Waals surface area contributed by atoms with Gasteiger partial charge in [-0.3, -0.25) is 9.59 Å². The van der Waals surface area contributed by atoms with E-state index in [1.807, 2.05) is 31.2 Å². The molecule has 5 nitrogen and oxygen atoms in total. The van der Waals surface area contributed by atoms with Crippen LogP contribution < -0.4 is 4.74 Å². The summed E-state index contributed by atoms with van der Waals surface area (Å²) in [5.74, 6) is -0.0122. The van der Waals surface area contributed by atoms with Crippen molar-refractivity contribution in [1.82, 2.24) is 4.90 Å². The fourth-order valence-corrected chi connectivity index (χ4v) is 3.20. The smallest absolute Gasteiger partial charge is 0.311 e. The number of hydrogen-bond acceptors (Lipinski definition) is 3. The Hall–Kier alpha value is -2.04. The molecule has 1 amide bonds. The van der Waals surface area contributed by atoms with Crippen molar-refractivity contribution in [1.29, 1.82) is 0 Å². The Morgan fingerprint density at radius 3 is 2.74 bits per heavy atom. The SMILES string of the molecule is COc1ccccc1C(C)CC(=O)N1CCCC(C)(C(=O)O)C1. The predicted molar refractivity (Wildman–Crippen MR) is 87.6 cm³/mol. The zero-order valence-corrected chi connectivity index (χ0v) is 14.0. The highest BCUT2D eigenvalue weighted by molar-refractivity contribution is 5.80. The second-order valence-corrected chi connectivity index (χ2v) is 6.63. The van der Waals surface area contributed by atoms with Gasteiger partial charge in [-0.1, -0.05) is 25.1 Å². The molecule has 1 aromatic carbocycles. The summed E-state index contributed by atoms with van der Waals surface area (Å²) < 4.78 is 5.36. The van der Waals surface area contributed by atoms with Gasteiger partial charge in [0.05, 0.1) is 12.5 Å². The minimum Gasteiger partial charge on any atom is -0.496 e. The average molecular weight is 319 g/mol. The summed E-state index contributed by atoms with van der Waals surface area (Å²) in [5, 5.41) is 9.37. The molecule has 126 valence electrons. The van der Waals surface area contributed by atoms with Crippen LogP contribution in [-0.2, 0) is 9.59 Å². The van der Waals surface area contributed by atoms with Crippen molar-refractivity contribution in [3.05, 3.63) is 29.8 Å². The van der Waals surface area contributed by atoms with Gasteiger partial charge in [0.25, 0.3) is 0 Å². The Kier molecular flexibility index (Phi) is 5.29. The van der Waals surface area contributed by atoms with Crippen LogP contribution in [0.3, 0.4) is 0 Å². The number of piperidine rings is 1. The first kappa shape index (κ1) is 17.3. The van der Waals surface area contributed by atoms with Crippen LogP contribution in [0.4, 0.5) is 0 Å². The van der Waals surface area contributed by atoms with Crippen LogP contribution >= 0.6 is 0 Å². The quantitative estimate of drug-likeness (QED) is 0.906. The molecule has 2 rings (SSSR count). The Labute approximate surface area is 137 Å². The van der Waals surface area contributed by atoms with E-state index in [2.05, 4.69) is 0 Å². The van der Waals surface area contributed by atoms with Crippen molar-refractivity contribution < 1.29 is 19.4 Å². The highest BCUT2D eigenvalue weighted by Crippen LogP contribution is 2.32. The zero-order chi connectivity index (χ0) is 17.0. The van der Waals surface area contributed by atoms with Crippen molar-refractivity contribution in [2.45, 2.75) is 39.0 Å². The molecule has 1 aliphatic rings. The molecule has 1 heterocycles. The van der Waals surface area contributed by atoms with Crippen molar-refractivity contribution in [3.63, 3.8) is 0 Å². The largest absolute Gasteiger partial charge is 0.496 e. The maximum Gasteiger partial charge on any atom is 0.311 e. The number of carbonyl (C=O) groups excluding carboxylic acids is 1. The van der Waals surface area contributed by atoms with Gasteiger partial charge in [0.2, 0.25) is 5.91 Å². The van der Waals surface area contributed by atoms with Crippen molar-refractivity contribution in [2.75, 3.05) is 20.2 Å². The number of benzene rings is 1. The van der Waals surface area contributed by atoms with E-state index in [0.29, 0.717) is 25.9 Å². The number of hydrogen-bond donors (Lipinski definition) is 1. The molecule has 0 spiro atoms. The lowest BCUT2D eigenvalue weighted by Crippen LogP contribution is -2.48. The van der Waals surface area contributed by atoms with Crippen LogP contribution in [0.25, 0.3) is 0 Å². The maximum atomic E-state index is 12.6. The molecule has 0 bridgehead atoms. The lowest BCUT2D eigenvalue weighted by atomic mass is 9.81. The first-order valence-electron chi connectivity index (χ1n) is 8.01. The third-order valence-electron chi connectivity index (χ3n) is 4.72. The third kappa shape index (κ3) is 3.84. The van der Waals surface area contributed by atoms with E-state index in [1.165, 1.54) is 0 Å². The lowest BCUT2D eigenvalue weighted by molar-refractivity contribution is -0.153. The van der Waals surface area contributed by atoms with E-state index in [9.17, 15) is 14.7 Å². The molecule has 1 aliphatic heterocycles. The number of carboxylic acids is 1. The standard InChI is InChI=1S/C18H25NO4/c1-13(14-7-4-5-8-15(14)23-3)11-16(20)19-10-6-9-18(2,12-19)17(21)22/h4-5,7-8,13H,6,9-12H2,1-3H3,(H,21,22). The number of aliphatic carboxylic acids is 1. The van der Waals surface area contributed by atoms with E-state index >= 15 is 0 Å². The molecular formula is C18H25NO4. The van der Waals surface area contributed by atoms with Crippen LogP contribution in [0.5, 0.6) is 5.75 Å². The summed E-state index contributed by atoms with van der Waals surface area (Å²) in [4.78, 5) is 25.7. The number of nitrogens with zero attached hydrogens (tertiary/aromatic N) is 1. The molecular weight excluding hydrogens is 294 g/mol. The Morgan fingerprint density at radius 1 is 1.39 bits per heavy atom. The number of likely N-dealkylation sites (tertiary alicyclic amines) is 1. The molecule has 0 aliphatic carbocycles. The van der Waals surface area contributed by atoms with Gasteiger partial charge < -0.3 is 14.7 Å². The molecule has 0 radical (unpaired) electrons. The van der Waals surface area contributed by atoms with E-state index in [4.69, 9.17) is 4.74 Å². The number of ether oxygens (including phenoxy) is 1. The normalized spacial score (nSPS) is 22.5. The van der Waals surface area contributed by atoms with Crippen LogP contribution in [0.2, 0.25) is 0 Å². The van der Waals surface area contributed by atoms with Crippen LogP contribution in [0.15, 0.2) is 24.3 Å². The molecule has 0 aromatic heterocycles. The van der Waals surface area contributed by atoms with E-state index in [1.54, 1.807) is 18.9 Å². The second-order valence-electron chi connectivity index (χ2n) is 6.63. The van der Waals surface area contributed by atoms with Gasteiger partial charge in [-0.25, -0.2) is 0 Å². The van der Waals surface area contributed by atoms with Gasteiger partial charge in [-0.2, -0.15) is 0 Å². The van der Waals surface area contributed by atoms with Crippen molar-refractivity contribution >= 4 is 11.9 Å². The summed E-state index contributed by atoms with van der Waals surface area (Å²) in [7, 11) is 1.62. The highest BCUT2D eigenvalue weighted by Gasteiger charge is 2.39. The van der Waals surface area contributed by atoms with Gasteiger partial charge in [0.15, 0.2) is 0 Å². The van der Waals surface area contributed by atoms with E-state index < -0.39 is 11.4 Å². The molecule has 2 atom stereocenters. The zero-order valence-electron chi connectivity index (χ0n) is 14.0. The Balaban J connectivity index is 2.05. The predicted octanol–water partition coefficient (Wildman–Crippen LogP) is 2.90. The number of amides is 1. The van der Waals surface area contributed by atoms with Crippen LogP contribution in [0, 0.1) is 5.41 Å². The van der Waals surface area contributed by atoms with Gasteiger partial charge in [-0.05, 0) is 37.3 Å². The molecule has 1 aromatic rings. The highest BCUT2D eigenvalue weighted by atomic mass is 16.5. The molecule has 1 N–H and O–H groups in total. The number of carbonyl (C=O) groups is 2. The molecule has 1 fully saturated rings. The van der Waals surface area contributed by atoms with E-state index in [0.717, 1.165) is 17.7 Å². The molecule has 1 saturated heterocycles. The van der Waals surface area contributed by atoms with Gasteiger partial charge in [0.1, 0.15) is 5.75 Å². The second kappa shape index (κ2) is 7.02. The number of methoxy groups -OCH3 is 1. The van der Waals surface area contributed by atoms with E-state index in [-0.39, 0.29) is 11.8 Å². The Morgan fingerprint density at radius 2 is 2.09 bits per heavy atom. The van der Waals surface area contributed by atoms with Gasteiger partial charge in [-0.15, -0.1) is 0 Å². The first-order valence-corrected chi connectivity index (χ1v) is 8.01. The number of para-hydroxylation sites is 1. The summed E-state index contributed by atoms with van der Waals surface area (Å²) in [6.45, 7) is 4.65. The van der Waals surface area contributed by atoms with Crippen molar-refractivity contribution in [3.8, 4) is 5.75 Å². The first-order chi connectivity index (χ1) is 10.9.